The fourth-order valence-corrected chi connectivity index (χ4v) is 1.88. The van der Waals surface area contributed by atoms with Crippen LogP contribution in [0.5, 0.6) is 0 Å². The molecule has 0 bridgehead atoms. The first-order valence-corrected chi connectivity index (χ1v) is 5.07. The number of halogens is 2. The number of amides is 1. The molecule has 2 rings (SSSR count). The maximum absolute atomic E-state index is 11.3. The van der Waals surface area contributed by atoms with Gasteiger partial charge in [0.2, 0.25) is 0 Å². The molecule has 0 saturated carbocycles. The molecule has 66 valence electrons. The van der Waals surface area contributed by atoms with E-state index >= 15 is 0 Å². The molecule has 3 nitrogen and oxygen atoms in total. The standard InChI is InChI=1S/C8H4Br2N2O/c9-5-1-3-4(2-6(5)10)8(13)12-7(3)11/h1-2H,(H2,11,12,13). The molecule has 2 N–H and O–H groups in total. The Balaban J connectivity index is 2.72. The highest BCUT2D eigenvalue weighted by atomic mass is 79.9. The lowest BCUT2D eigenvalue weighted by atomic mass is 10.1. The van der Waals surface area contributed by atoms with Crippen molar-refractivity contribution >= 4 is 43.6 Å². The number of amidine groups is 1. The van der Waals surface area contributed by atoms with Gasteiger partial charge in [-0.1, -0.05) is 0 Å². The predicted octanol–water partition coefficient (Wildman–Crippen LogP) is 2.28. The van der Waals surface area contributed by atoms with Crippen LogP contribution in [0.3, 0.4) is 0 Å². The average Bonchev–Trinajstić information content (AvgIpc) is 2.31. The highest BCUT2D eigenvalue weighted by Crippen LogP contribution is 2.28. The van der Waals surface area contributed by atoms with Crippen LogP contribution in [0.25, 0.3) is 0 Å². The van der Waals surface area contributed by atoms with Crippen LogP contribution < -0.4 is 5.32 Å². The Bertz CT molecular complexity index is 389. The molecule has 0 atom stereocenters. The minimum atomic E-state index is -0.215. The number of carbonyl (C=O) groups is 1. The molecule has 1 aliphatic heterocycles. The second-order valence-electron chi connectivity index (χ2n) is 2.64. The summed E-state index contributed by atoms with van der Waals surface area (Å²) < 4.78 is 1.66. The molecule has 5 heteroatoms. The number of benzene rings is 1. The molecule has 1 heterocycles. The van der Waals surface area contributed by atoms with E-state index in [2.05, 4.69) is 37.2 Å². The van der Waals surface area contributed by atoms with Gasteiger partial charge in [-0.15, -0.1) is 0 Å². The molecular weight excluding hydrogens is 300 g/mol. The van der Waals surface area contributed by atoms with E-state index in [0.717, 1.165) is 8.95 Å². The van der Waals surface area contributed by atoms with Crippen molar-refractivity contribution in [3.05, 3.63) is 32.2 Å². The predicted molar refractivity (Wildman–Crippen MR) is 56.1 cm³/mol. The quantitative estimate of drug-likeness (QED) is 0.759. The molecule has 0 fully saturated rings. The summed E-state index contributed by atoms with van der Waals surface area (Å²) in [6.07, 6.45) is 0. The van der Waals surface area contributed by atoms with E-state index in [0.29, 0.717) is 11.1 Å². The van der Waals surface area contributed by atoms with Gasteiger partial charge in [0.25, 0.3) is 5.91 Å². The van der Waals surface area contributed by atoms with Crippen LogP contribution in [0, 0.1) is 5.41 Å². The van der Waals surface area contributed by atoms with Crippen molar-refractivity contribution in [2.24, 2.45) is 0 Å². The van der Waals surface area contributed by atoms with Gasteiger partial charge >= 0.3 is 0 Å². The molecular formula is C8H4Br2N2O. The Kier molecular flexibility index (Phi) is 2.00. The molecule has 1 amide bonds. The lowest BCUT2D eigenvalue weighted by Gasteiger charge is -1.99. The summed E-state index contributed by atoms with van der Waals surface area (Å²) >= 11 is 6.61. The smallest absolute Gasteiger partial charge is 0.257 e. The largest absolute Gasteiger partial charge is 0.306 e. The highest BCUT2D eigenvalue weighted by molar-refractivity contribution is 9.13. The van der Waals surface area contributed by atoms with Gasteiger partial charge in [0.05, 0.1) is 5.56 Å². The summed E-state index contributed by atoms with van der Waals surface area (Å²) in [6.45, 7) is 0. The van der Waals surface area contributed by atoms with E-state index in [-0.39, 0.29) is 11.7 Å². The fraction of sp³-hybridized carbons (Fsp3) is 0. The summed E-state index contributed by atoms with van der Waals surface area (Å²) in [6, 6.07) is 3.45. The molecule has 13 heavy (non-hydrogen) atoms. The van der Waals surface area contributed by atoms with Crippen molar-refractivity contribution in [1.29, 1.82) is 5.41 Å². The van der Waals surface area contributed by atoms with Crippen molar-refractivity contribution < 1.29 is 4.79 Å². The summed E-state index contributed by atoms with van der Waals surface area (Å²) in [5.74, 6) is -0.0543. The maximum atomic E-state index is 11.3. The second kappa shape index (κ2) is 2.92. The van der Waals surface area contributed by atoms with E-state index in [4.69, 9.17) is 5.41 Å². The van der Waals surface area contributed by atoms with E-state index in [1.807, 2.05) is 0 Å². The van der Waals surface area contributed by atoms with Crippen molar-refractivity contribution in [3.8, 4) is 0 Å². The van der Waals surface area contributed by atoms with Gasteiger partial charge in [0, 0.05) is 14.5 Å². The minimum Gasteiger partial charge on any atom is -0.306 e. The first-order chi connectivity index (χ1) is 6.09. The summed E-state index contributed by atoms with van der Waals surface area (Å²) in [4.78, 5) is 11.3. The minimum absolute atomic E-state index is 0.160. The zero-order valence-electron chi connectivity index (χ0n) is 6.32. The van der Waals surface area contributed by atoms with Crippen LogP contribution in [0.2, 0.25) is 0 Å². The SMILES string of the molecule is N=C1NC(=O)c2cc(Br)c(Br)cc21. The third-order valence-corrected chi connectivity index (χ3v) is 3.66. The maximum Gasteiger partial charge on any atom is 0.257 e. The van der Waals surface area contributed by atoms with Crippen molar-refractivity contribution in [2.75, 3.05) is 0 Å². The second-order valence-corrected chi connectivity index (χ2v) is 4.35. The van der Waals surface area contributed by atoms with Crippen LogP contribution in [0.4, 0.5) is 0 Å². The Hall–Kier alpha value is -0.680. The monoisotopic (exact) mass is 302 g/mol. The van der Waals surface area contributed by atoms with Gasteiger partial charge in [-0.05, 0) is 44.0 Å². The Morgan fingerprint density at radius 2 is 1.69 bits per heavy atom. The summed E-state index contributed by atoms with van der Waals surface area (Å²) in [5, 5.41) is 9.90. The molecule has 0 aromatic heterocycles. The van der Waals surface area contributed by atoms with Crippen LogP contribution in [-0.4, -0.2) is 11.7 Å². The Morgan fingerprint density at radius 1 is 1.15 bits per heavy atom. The van der Waals surface area contributed by atoms with Crippen LogP contribution in [0.1, 0.15) is 15.9 Å². The topological polar surface area (TPSA) is 53.0 Å². The molecule has 1 aliphatic rings. The van der Waals surface area contributed by atoms with Gasteiger partial charge in [0.15, 0.2) is 0 Å². The number of nitrogens with one attached hydrogen (secondary N) is 2. The van der Waals surface area contributed by atoms with Crippen molar-refractivity contribution in [3.63, 3.8) is 0 Å². The summed E-state index contributed by atoms with van der Waals surface area (Å²) in [5.41, 5.74) is 1.18. The third-order valence-electron chi connectivity index (χ3n) is 1.81. The fourth-order valence-electron chi connectivity index (χ4n) is 1.19. The van der Waals surface area contributed by atoms with Gasteiger partial charge < -0.3 is 5.32 Å². The highest BCUT2D eigenvalue weighted by Gasteiger charge is 2.24. The molecule has 0 saturated heterocycles. The lowest BCUT2D eigenvalue weighted by molar-refractivity contribution is 0.0983. The zero-order valence-corrected chi connectivity index (χ0v) is 9.49. The van der Waals surface area contributed by atoms with E-state index in [9.17, 15) is 4.79 Å². The number of hydrogen-bond donors (Lipinski definition) is 2. The van der Waals surface area contributed by atoms with Gasteiger partial charge in [-0.3, -0.25) is 10.2 Å². The Labute approximate surface area is 91.3 Å². The molecule has 1 aromatic rings. The molecule has 0 aliphatic carbocycles. The summed E-state index contributed by atoms with van der Waals surface area (Å²) in [7, 11) is 0. The number of fused-ring (bicyclic) bond motifs is 1. The first kappa shape index (κ1) is 8.90. The van der Waals surface area contributed by atoms with Crippen LogP contribution in [-0.2, 0) is 0 Å². The lowest BCUT2D eigenvalue weighted by Crippen LogP contribution is -2.19. The Morgan fingerprint density at radius 3 is 2.31 bits per heavy atom. The van der Waals surface area contributed by atoms with Crippen molar-refractivity contribution in [1.82, 2.24) is 5.32 Å². The normalized spacial score (nSPS) is 14.3. The molecule has 0 unspecified atom stereocenters. The third kappa shape index (κ3) is 1.32. The number of hydrogen-bond acceptors (Lipinski definition) is 2. The molecule has 1 aromatic carbocycles. The van der Waals surface area contributed by atoms with Gasteiger partial charge in [0.1, 0.15) is 5.84 Å². The van der Waals surface area contributed by atoms with Crippen LogP contribution in [0.15, 0.2) is 21.1 Å². The van der Waals surface area contributed by atoms with E-state index in [1.54, 1.807) is 12.1 Å². The number of rotatable bonds is 0. The van der Waals surface area contributed by atoms with E-state index in [1.165, 1.54) is 0 Å². The zero-order chi connectivity index (χ0) is 9.59. The van der Waals surface area contributed by atoms with Crippen LogP contribution >= 0.6 is 31.9 Å². The van der Waals surface area contributed by atoms with Gasteiger partial charge in [-0.2, -0.15) is 0 Å². The number of carbonyl (C=O) groups excluding carboxylic acids is 1. The molecule has 0 radical (unpaired) electrons. The first-order valence-electron chi connectivity index (χ1n) is 3.49. The van der Waals surface area contributed by atoms with Crippen molar-refractivity contribution in [2.45, 2.75) is 0 Å². The van der Waals surface area contributed by atoms with E-state index < -0.39 is 0 Å². The molecule has 0 spiro atoms. The average molecular weight is 304 g/mol. The van der Waals surface area contributed by atoms with Gasteiger partial charge in [-0.25, -0.2) is 0 Å².